The maximum atomic E-state index is 12.3. The third-order valence-corrected chi connectivity index (χ3v) is 4.16. The van der Waals surface area contributed by atoms with E-state index in [1.54, 1.807) is 36.4 Å². The Labute approximate surface area is 124 Å². The van der Waals surface area contributed by atoms with E-state index < -0.39 is 10.0 Å². The molecular weight excluding hydrogens is 290 g/mol. The maximum absolute atomic E-state index is 12.3. The largest absolute Gasteiger partial charge is 0.497 e. The van der Waals surface area contributed by atoms with E-state index in [1.165, 1.54) is 19.2 Å². The molecule has 0 radical (unpaired) electrons. The highest BCUT2D eigenvalue weighted by molar-refractivity contribution is 7.92. The SMILES string of the molecule is CCOc1cccc(NS(=O)(=O)c2ccc(OC)cc2)c1. The second-order valence-electron chi connectivity index (χ2n) is 4.24. The molecule has 2 aromatic rings. The van der Waals surface area contributed by atoms with Gasteiger partial charge in [-0.1, -0.05) is 6.07 Å². The third-order valence-electron chi connectivity index (χ3n) is 2.77. The highest BCUT2D eigenvalue weighted by Gasteiger charge is 2.14. The topological polar surface area (TPSA) is 64.6 Å². The first-order valence-corrected chi connectivity index (χ1v) is 7.93. The van der Waals surface area contributed by atoms with Crippen molar-refractivity contribution in [3.8, 4) is 11.5 Å². The first-order valence-electron chi connectivity index (χ1n) is 6.45. The molecule has 0 amide bonds. The van der Waals surface area contributed by atoms with Gasteiger partial charge in [0.1, 0.15) is 11.5 Å². The molecule has 0 aliphatic carbocycles. The molecule has 2 rings (SSSR count). The molecule has 0 aliphatic heterocycles. The average Bonchev–Trinajstić information content (AvgIpc) is 2.47. The van der Waals surface area contributed by atoms with E-state index in [9.17, 15) is 8.42 Å². The molecule has 0 heterocycles. The molecule has 0 atom stereocenters. The van der Waals surface area contributed by atoms with E-state index in [-0.39, 0.29) is 4.90 Å². The van der Waals surface area contributed by atoms with Crippen LogP contribution in [-0.4, -0.2) is 22.1 Å². The summed E-state index contributed by atoms with van der Waals surface area (Å²) in [4.78, 5) is 0.171. The Kier molecular flexibility index (Phi) is 4.70. The predicted octanol–water partition coefficient (Wildman–Crippen LogP) is 2.89. The van der Waals surface area contributed by atoms with Crippen molar-refractivity contribution in [2.75, 3.05) is 18.4 Å². The summed E-state index contributed by atoms with van der Waals surface area (Å²) in [6.07, 6.45) is 0. The summed E-state index contributed by atoms with van der Waals surface area (Å²) in [6.45, 7) is 2.39. The van der Waals surface area contributed by atoms with Crippen LogP contribution in [0, 0.1) is 0 Å². The molecule has 21 heavy (non-hydrogen) atoms. The molecule has 5 nitrogen and oxygen atoms in total. The Morgan fingerprint density at radius 1 is 1.05 bits per heavy atom. The van der Waals surface area contributed by atoms with E-state index in [0.29, 0.717) is 23.8 Å². The molecule has 0 unspecified atom stereocenters. The second-order valence-corrected chi connectivity index (χ2v) is 5.92. The van der Waals surface area contributed by atoms with Crippen LogP contribution in [0.4, 0.5) is 5.69 Å². The van der Waals surface area contributed by atoms with Crippen molar-refractivity contribution >= 4 is 15.7 Å². The summed E-state index contributed by atoms with van der Waals surface area (Å²) in [6, 6.07) is 13.0. The van der Waals surface area contributed by atoms with Crippen molar-refractivity contribution < 1.29 is 17.9 Å². The molecule has 6 heteroatoms. The summed E-state index contributed by atoms with van der Waals surface area (Å²) in [7, 11) is -2.10. The fourth-order valence-corrected chi connectivity index (χ4v) is 2.83. The maximum Gasteiger partial charge on any atom is 0.261 e. The molecule has 0 spiro atoms. The minimum atomic E-state index is -3.63. The van der Waals surface area contributed by atoms with E-state index in [0.717, 1.165) is 0 Å². The van der Waals surface area contributed by atoms with Crippen LogP contribution in [0.2, 0.25) is 0 Å². The van der Waals surface area contributed by atoms with E-state index in [2.05, 4.69) is 4.72 Å². The van der Waals surface area contributed by atoms with Crippen LogP contribution in [0.1, 0.15) is 6.92 Å². The number of hydrogen-bond acceptors (Lipinski definition) is 4. The second kappa shape index (κ2) is 6.49. The molecule has 2 aromatic carbocycles. The summed E-state index contributed by atoms with van der Waals surface area (Å²) >= 11 is 0. The van der Waals surface area contributed by atoms with Crippen molar-refractivity contribution in [2.45, 2.75) is 11.8 Å². The van der Waals surface area contributed by atoms with Crippen LogP contribution in [0.3, 0.4) is 0 Å². The van der Waals surface area contributed by atoms with Gasteiger partial charge in [0.05, 0.1) is 24.3 Å². The van der Waals surface area contributed by atoms with Gasteiger partial charge in [-0.3, -0.25) is 4.72 Å². The molecule has 0 bridgehead atoms. The van der Waals surface area contributed by atoms with Gasteiger partial charge in [0, 0.05) is 6.07 Å². The lowest BCUT2D eigenvalue weighted by molar-refractivity contribution is 0.340. The summed E-state index contributed by atoms with van der Waals surface area (Å²) in [5.74, 6) is 1.22. The number of anilines is 1. The van der Waals surface area contributed by atoms with Crippen LogP contribution >= 0.6 is 0 Å². The first-order chi connectivity index (χ1) is 10.0. The molecule has 0 aromatic heterocycles. The highest BCUT2D eigenvalue weighted by atomic mass is 32.2. The lowest BCUT2D eigenvalue weighted by atomic mass is 10.3. The summed E-state index contributed by atoms with van der Waals surface area (Å²) < 4.78 is 37.4. The Hall–Kier alpha value is -2.21. The molecule has 112 valence electrons. The van der Waals surface area contributed by atoms with Crippen LogP contribution in [0.5, 0.6) is 11.5 Å². The molecular formula is C15H17NO4S. The Morgan fingerprint density at radius 3 is 2.38 bits per heavy atom. The van der Waals surface area contributed by atoms with Gasteiger partial charge in [0.15, 0.2) is 0 Å². The lowest BCUT2D eigenvalue weighted by Crippen LogP contribution is -2.12. The van der Waals surface area contributed by atoms with Gasteiger partial charge in [-0.15, -0.1) is 0 Å². The number of ether oxygens (including phenoxy) is 2. The minimum absolute atomic E-state index is 0.171. The van der Waals surface area contributed by atoms with Crippen molar-refractivity contribution in [2.24, 2.45) is 0 Å². The van der Waals surface area contributed by atoms with E-state index >= 15 is 0 Å². The van der Waals surface area contributed by atoms with Crippen molar-refractivity contribution in [1.82, 2.24) is 0 Å². The van der Waals surface area contributed by atoms with Gasteiger partial charge in [-0.2, -0.15) is 0 Å². The van der Waals surface area contributed by atoms with Crippen molar-refractivity contribution in [3.05, 3.63) is 48.5 Å². The van der Waals surface area contributed by atoms with Crippen LogP contribution in [0.15, 0.2) is 53.4 Å². The first kappa shape index (κ1) is 15.2. The monoisotopic (exact) mass is 307 g/mol. The highest BCUT2D eigenvalue weighted by Crippen LogP contribution is 2.22. The quantitative estimate of drug-likeness (QED) is 0.891. The average molecular weight is 307 g/mol. The van der Waals surface area contributed by atoms with Gasteiger partial charge < -0.3 is 9.47 Å². The van der Waals surface area contributed by atoms with Crippen LogP contribution in [-0.2, 0) is 10.0 Å². The third kappa shape index (κ3) is 3.88. The normalized spacial score (nSPS) is 11.0. The Balaban J connectivity index is 2.21. The molecule has 1 N–H and O–H groups in total. The fraction of sp³-hybridized carbons (Fsp3) is 0.200. The molecule has 0 aliphatic rings. The van der Waals surface area contributed by atoms with Gasteiger partial charge in [-0.05, 0) is 43.3 Å². The molecule has 0 fully saturated rings. The van der Waals surface area contributed by atoms with E-state index in [4.69, 9.17) is 9.47 Å². The zero-order valence-corrected chi connectivity index (χ0v) is 12.7. The van der Waals surface area contributed by atoms with Crippen molar-refractivity contribution in [3.63, 3.8) is 0 Å². The predicted molar refractivity (Wildman–Crippen MR) is 81.4 cm³/mol. The summed E-state index contributed by atoms with van der Waals surface area (Å²) in [5.41, 5.74) is 0.455. The number of nitrogens with one attached hydrogen (secondary N) is 1. The standard InChI is InChI=1S/C15H17NO4S/c1-3-20-14-6-4-5-12(11-14)16-21(17,18)15-9-7-13(19-2)8-10-15/h4-11,16H,3H2,1-2H3. The van der Waals surface area contributed by atoms with Crippen LogP contribution < -0.4 is 14.2 Å². The minimum Gasteiger partial charge on any atom is -0.497 e. The smallest absolute Gasteiger partial charge is 0.261 e. The Morgan fingerprint density at radius 2 is 1.76 bits per heavy atom. The van der Waals surface area contributed by atoms with Gasteiger partial charge >= 0.3 is 0 Å². The fourth-order valence-electron chi connectivity index (χ4n) is 1.78. The summed E-state index contributed by atoms with van der Waals surface area (Å²) in [5, 5.41) is 0. The zero-order valence-electron chi connectivity index (χ0n) is 11.9. The van der Waals surface area contributed by atoms with Crippen molar-refractivity contribution in [1.29, 1.82) is 0 Å². The molecule has 0 saturated carbocycles. The number of methoxy groups -OCH3 is 1. The van der Waals surface area contributed by atoms with E-state index in [1.807, 2.05) is 6.92 Å². The van der Waals surface area contributed by atoms with Crippen LogP contribution in [0.25, 0.3) is 0 Å². The molecule has 0 saturated heterocycles. The van der Waals surface area contributed by atoms with Gasteiger partial charge in [0.25, 0.3) is 10.0 Å². The zero-order chi connectivity index (χ0) is 15.3. The Bertz CT molecular complexity index is 696. The number of benzene rings is 2. The van der Waals surface area contributed by atoms with Gasteiger partial charge in [0.2, 0.25) is 0 Å². The van der Waals surface area contributed by atoms with Gasteiger partial charge in [-0.25, -0.2) is 8.42 Å². The number of sulfonamides is 1. The number of rotatable bonds is 6. The lowest BCUT2D eigenvalue weighted by Gasteiger charge is -2.10. The number of hydrogen-bond donors (Lipinski definition) is 1.